The molecule has 0 bridgehead atoms. The summed E-state index contributed by atoms with van der Waals surface area (Å²) in [7, 11) is -2.23. The van der Waals surface area contributed by atoms with E-state index in [1.54, 1.807) is 41.3 Å². The summed E-state index contributed by atoms with van der Waals surface area (Å²) in [6.07, 6.45) is 1.77. The number of anilines is 1. The molecule has 2 aromatic carbocycles. The lowest BCUT2D eigenvalue weighted by Gasteiger charge is -2.31. The van der Waals surface area contributed by atoms with Crippen molar-refractivity contribution in [3.63, 3.8) is 0 Å². The summed E-state index contributed by atoms with van der Waals surface area (Å²) in [4.78, 5) is 14.7. The van der Waals surface area contributed by atoms with Crippen LogP contribution in [-0.2, 0) is 10.0 Å². The number of carbonyl (C=O) groups excluding carboxylic acids is 1. The summed E-state index contributed by atoms with van der Waals surface area (Å²) >= 11 is 0. The average Bonchev–Trinajstić information content (AvgIpc) is 2.73. The third-order valence-electron chi connectivity index (χ3n) is 5.09. The number of hydrogen-bond donors (Lipinski definition) is 1. The minimum absolute atomic E-state index is 0.108. The third-order valence-corrected chi connectivity index (χ3v) is 6.88. The highest BCUT2D eigenvalue weighted by atomic mass is 32.2. The van der Waals surface area contributed by atoms with Gasteiger partial charge in [-0.2, -0.15) is 0 Å². The second-order valence-corrected chi connectivity index (χ2v) is 8.78. The third kappa shape index (κ3) is 4.14. The van der Waals surface area contributed by atoms with Crippen molar-refractivity contribution in [2.24, 2.45) is 11.7 Å². The van der Waals surface area contributed by atoms with E-state index < -0.39 is 10.0 Å². The predicted molar refractivity (Wildman–Crippen MR) is 106 cm³/mol. The number of hydrogen-bond acceptors (Lipinski definition) is 4. The zero-order chi connectivity index (χ0) is 19.4. The highest BCUT2D eigenvalue weighted by Gasteiger charge is 2.25. The first-order valence-corrected chi connectivity index (χ1v) is 10.5. The van der Waals surface area contributed by atoms with E-state index in [2.05, 4.69) is 0 Å². The fourth-order valence-corrected chi connectivity index (χ4v) is 4.52. The Bertz CT molecular complexity index is 892. The van der Waals surface area contributed by atoms with Crippen LogP contribution < -0.4 is 10.0 Å². The zero-order valence-electron chi connectivity index (χ0n) is 15.4. The van der Waals surface area contributed by atoms with Crippen molar-refractivity contribution in [2.75, 3.05) is 31.0 Å². The molecule has 1 heterocycles. The van der Waals surface area contributed by atoms with Gasteiger partial charge in [-0.3, -0.25) is 9.10 Å². The van der Waals surface area contributed by atoms with Crippen LogP contribution >= 0.6 is 0 Å². The SMILES string of the molecule is CN(c1ccccc1)S(=O)(=O)c1cccc(C(=O)N2CCC(CN)CC2)c1. The van der Waals surface area contributed by atoms with Crippen molar-refractivity contribution >= 4 is 21.6 Å². The minimum atomic E-state index is -3.75. The molecule has 0 spiro atoms. The Labute approximate surface area is 160 Å². The number of amides is 1. The molecule has 1 amide bonds. The standard InChI is InChI=1S/C20H25N3O3S/c1-22(18-7-3-2-4-8-18)27(25,26)19-9-5-6-17(14-19)20(24)23-12-10-16(15-21)11-13-23/h2-9,14,16H,10-13,15,21H2,1H3. The van der Waals surface area contributed by atoms with Gasteiger partial charge in [-0.25, -0.2) is 8.42 Å². The summed E-state index contributed by atoms with van der Waals surface area (Å²) in [5.41, 5.74) is 6.67. The van der Waals surface area contributed by atoms with Gasteiger partial charge < -0.3 is 10.6 Å². The minimum Gasteiger partial charge on any atom is -0.339 e. The van der Waals surface area contributed by atoms with E-state index in [0.29, 0.717) is 36.8 Å². The molecule has 1 aliphatic heterocycles. The Balaban J connectivity index is 1.82. The highest BCUT2D eigenvalue weighted by molar-refractivity contribution is 7.92. The van der Waals surface area contributed by atoms with Crippen LogP contribution in [0.15, 0.2) is 59.5 Å². The molecule has 0 aromatic heterocycles. The van der Waals surface area contributed by atoms with Crippen molar-refractivity contribution < 1.29 is 13.2 Å². The van der Waals surface area contributed by atoms with Gasteiger partial charge in [0.2, 0.25) is 0 Å². The smallest absolute Gasteiger partial charge is 0.264 e. The molecule has 6 nitrogen and oxygen atoms in total. The maximum absolute atomic E-state index is 13.0. The first kappa shape index (κ1) is 19.4. The molecule has 0 radical (unpaired) electrons. The largest absolute Gasteiger partial charge is 0.339 e. The van der Waals surface area contributed by atoms with E-state index in [0.717, 1.165) is 12.8 Å². The normalized spacial score (nSPS) is 15.6. The van der Waals surface area contributed by atoms with E-state index >= 15 is 0 Å². The molecule has 0 atom stereocenters. The summed E-state index contributed by atoms with van der Waals surface area (Å²) in [5, 5.41) is 0. The fraction of sp³-hybridized carbons (Fsp3) is 0.350. The Hall–Kier alpha value is -2.38. The molecule has 0 saturated carbocycles. The highest BCUT2D eigenvalue weighted by Crippen LogP contribution is 2.24. The summed E-state index contributed by atoms with van der Waals surface area (Å²) < 4.78 is 27.1. The Morgan fingerprint density at radius 3 is 2.41 bits per heavy atom. The fourth-order valence-electron chi connectivity index (χ4n) is 3.28. The van der Waals surface area contributed by atoms with Crippen LogP contribution in [-0.4, -0.2) is 45.9 Å². The van der Waals surface area contributed by atoms with Crippen LogP contribution in [0.5, 0.6) is 0 Å². The van der Waals surface area contributed by atoms with Gasteiger partial charge in [0.15, 0.2) is 0 Å². The maximum atomic E-state index is 13.0. The first-order chi connectivity index (χ1) is 12.9. The lowest BCUT2D eigenvalue weighted by atomic mass is 9.96. The number of carbonyl (C=O) groups is 1. The lowest BCUT2D eigenvalue weighted by molar-refractivity contribution is 0.0693. The quantitative estimate of drug-likeness (QED) is 0.853. The number of nitrogens with two attached hydrogens (primary N) is 1. The van der Waals surface area contributed by atoms with Crippen LogP contribution in [0.25, 0.3) is 0 Å². The molecule has 3 rings (SSSR count). The number of para-hydroxylation sites is 1. The monoisotopic (exact) mass is 387 g/mol. The van der Waals surface area contributed by atoms with Crippen LogP contribution in [0.1, 0.15) is 23.2 Å². The van der Waals surface area contributed by atoms with E-state index in [1.165, 1.54) is 23.5 Å². The van der Waals surface area contributed by atoms with Crippen LogP contribution in [0, 0.1) is 5.92 Å². The summed E-state index contributed by atoms with van der Waals surface area (Å²) in [5.74, 6) is 0.324. The van der Waals surface area contributed by atoms with Gasteiger partial charge in [-0.15, -0.1) is 0 Å². The average molecular weight is 388 g/mol. The molecule has 0 aliphatic carbocycles. The van der Waals surface area contributed by atoms with Crippen molar-refractivity contribution in [3.05, 3.63) is 60.2 Å². The molecule has 2 aromatic rings. The Kier molecular flexibility index (Phi) is 5.82. The molecule has 1 saturated heterocycles. The molecule has 1 fully saturated rings. The van der Waals surface area contributed by atoms with Gasteiger partial charge in [0.25, 0.3) is 15.9 Å². The first-order valence-electron chi connectivity index (χ1n) is 9.07. The van der Waals surface area contributed by atoms with Crippen molar-refractivity contribution in [3.8, 4) is 0 Å². The molecular weight excluding hydrogens is 362 g/mol. The summed E-state index contributed by atoms with van der Waals surface area (Å²) in [6, 6.07) is 15.1. The van der Waals surface area contributed by atoms with Crippen LogP contribution in [0.4, 0.5) is 5.69 Å². The molecule has 1 aliphatic rings. The number of piperidine rings is 1. The van der Waals surface area contributed by atoms with Crippen molar-refractivity contribution in [1.82, 2.24) is 4.90 Å². The van der Waals surface area contributed by atoms with Gasteiger partial charge in [-0.05, 0) is 55.6 Å². The van der Waals surface area contributed by atoms with Gasteiger partial charge >= 0.3 is 0 Å². The summed E-state index contributed by atoms with van der Waals surface area (Å²) in [6.45, 7) is 1.95. The molecule has 7 heteroatoms. The van der Waals surface area contributed by atoms with Crippen LogP contribution in [0.3, 0.4) is 0 Å². The van der Waals surface area contributed by atoms with Crippen molar-refractivity contribution in [1.29, 1.82) is 0 Å². The maximum Gasteiger partial charge on any atom is 0.264 e. The number of sulfonamides is 1. The van der Waals surface area contributed by atoms with Crippen molar-refractivity contribution in [2.45, 2.75) is 17.7 Å². The second-order valence-electron chi connectivity index (χ2n) is 6.81. The Morgan fingerprint density at radius 2 is 1.78 bits per heavy atom. The van der Waals surface area contributed by atoms with Crippen LogP contribution in [0.2, 0.25) is 0 Å². The molecular formula is C20H25N3O3S. The van der Waals surface area contributed by atoms with Gasteiger partial charge in [-0.1, -0.05) is 24.3 Å². The number of nitrogens with zero attached hydrogens (tertiary/aromatic N) is 2. The van der Waals surface area contributed by atoms with E-state index in [1.807, 2.05) is 6.07 Å². The Morgan fingerprint density at radius 1 is 1.11 bits per heavy atom. The zero-order valence-corrected chi connectivity index (χ0v) is 16.2. The lowest BCUT2D eigenvalue weighted by Crippen LogP contribution is -2.40. The molecule has 144 valence electrons. The van der Waals surface area contributed by atoms with Gasteiger partial charge in [0.1, 0.15) is 0 Å². The number of benzene rings is 2. The number of rotatable bonds is 5. The van der Waals surface area contributed by atoms with E-state index in [9.17, 15) is 13.2 Å². The topological polar surface area (TPSA) is 83.7 Å². The number of likely N-dealkylation sites (tertiary alicyclic amines) is 1. The molecule has 27 heavy (non-hydrogen) atoms. The van der Waals surface area contributed by atoms with E-state index in [-0.39, 0.29) is 10.8 Å². The molecule has 0 unspecified atom stereocenters. The van der Waals surface area contributed by atoms with E-state index in [4.69, 9.17) is 5.73 Å². The molecule has 2 N–H and O–H groups in total. The second kappa shape index (κ2) is 8.10. The van der Waals surface area contributed by atoms with Gasteiger partial charge in [0.05, 0.1) is 10.6 Å². The van der Waals surface area contributed by atoms with Gasteiger partial charge in [0, 0.05) is 25.7 Å². The predicted octanol–water partition coefficient (Wildman–Crippen LogP) is 2.32.